The lowest BCUT2D eigenvalue weighted by Crippen LogP contribution is -2.53. The van der Waals surface area contributed by atoms with Crippen LogP contribution >= 0.6 is 0 Å². The van der Waals surface area contributed by atoms with Crippen molar-refractivity contribution in [3.63, 3.8) is 0 Å². The molecule has 3 heterocycles. The average molecular weight is 276 g/mol. The lowest BCUT2D eigenvalue weighted by atomic mass is 9.84. The molecule has 1 aromatic heterocycles. The van der Waals surface area contributed by atoms with E-state index in [1.54, 1.807) is 7.11 Å². The number of nitrogen functional groups attached to an aromatic ring is 1. The Balaban J connectivity index is 1.79. The molecule has 2 saturated heterocycles. The SMILES string of the molecule is COc1ccc(N)c(N2CCC3C(CCCN3C)C2)n1. The number of rotatable bonds is 2. The number of hydrogen-bond donors (Lipinski definition) is 1. The lowest BCUT2D eigenvalue weighted by molar-refractivity contribution is 0.102. The van der Waals surface area contributed by atoms with Crippen LogP contribution in [0.1, 0.15) is 19.3 Å². The number of anilines is 2. The van der Waals surface area contributed by atoms with Crippen molar-refractivity contribution in [2.24, 2.45) is 5.92 Å². The Morgan fingerprint density at radius 3 is 2.95 bits per heavy atom. The predicted octanol–water partition coefficient (Wildman–Crippen LogP) is 1.59. The van der Waals surface area contributed by atoms with E-state index in [2.05, 4.69) is 21.8 Å². The number of methoxy groups -OCH3 is 1. The summed E-state index contributed by atoms with van der Waals surface area (Å²) < 4.78 is 5.22. The van der Waals surface area contributed by atoms with Crippen LogP contribution in [0.15, 0.2) is 12.1 Å². The normalized spacial score (nSPS) is 27.2. The number of piperidine rings is 2. The summed E-state index contributed by atoms with van der Waals surface area (Å²) in [6.07, 6.45) is 3.81. The second-order valence-electron chi connectivity index (χ2n) is 5.95. The second kappa shape index (κ2) is 5.48. The van der Waals surface area contributed by atoms with Crippen LogP contribution in [0.4, 0.5) is 11.5 Å². The molecule has 2 unspecified atom stereocenters. The first-order chi connectivity index (χ1) is 9.69. The molecule has 20 heavy (non-hydrogen) atoms. The number of ether oxygens (including phenoxy) is 1. The van der Waals surface area contributed by atoms with Gasteiger partial charge in [-0.15, -0.1) is 0 Å². The summed E-state index contributed by atoms with van der Waals surface area (Å²) in [4.78, 5) is 9.39. The smallest absolute Gasteiger partial charge is 0.215 e. The van der Waals surface area contributed by atoms with Crippen molar-refractivity contribution in [1.82, 2.24) is 9.88 Å². The third kappa shape index (κ3) is 2.42. The highest BCUT2D eigenvalue weighted by Crippen LogP contribution is 2.33. The van der Waals surface area contributed by atoms with Crippen molar-refractivity contribution in [2.45, 2.75) is 25.3 Å². The minimum atomic E-state index is 0.636. The first kappa shape index (κ1) is 13.5. The molecule has 0 bridgehead atoms. The molecule has 0 aliphatic carbocycles. The summed E-state index contributed by atoms with van der Waals surface area (Å²) in [6, 6.07) is 4.44. The number of likely N-dealkylation sites (tertiary alicyclic amines) is 1. The second-order valence-corrected chi connectivity index (χ2v) is 5.95. The quantitative estimate of drug-likeness (QED) is 0.889. The molecule has 110 valence electrons. The fourth-order valence-electron chi connectivity index (χ4n) is 3.65. The topological polar surface area (TPSA) is 54.6 Å². The first-order valence-corrected chi connectivity index (χ1v) is 7.44. The van der Waals surface area contributed by atoms with E-state index in [1.165, 1.54) is 25.8 Å². The monoisotopic (exact) mass is 276 g/mol. The molecule has 2 aliphatic rings. The van der Waals surface area contributed by atoms with Crippen molar-refractivity contribution >= 4 is 11.5 Å². The van der Waals surface area contributed by atoms with Gasteiger partial charge in [0.25, 0.3) is 0 Å². The maximum absolute atomic E-state index is 6.10. The van der Waals surface area contributed by atoms with E-state index < -0.39 is 0 Å². The molecule has 2 fully saturated rings. The van der Waals surface area contributed by atoms with Crippen molar-refractivity contribution in [3.05, 3.63) is 12.1 Å². The Bertz CT molecular complexity index is 479. The minimum absolute atomic E-state index is 0.636. The van der Waals surface area contributed by atoms with Gasteiger partial charge in [0.05, 0.1) is 12.8 Å². The van der Waals surface area contributed by atoms with Gasteiger partial charge in [0.2, 0.25) is 5.88 Å². The zero-order valence-electron chi connectivity index (χ0n) is 12.4. The van der Waals surface area contributed by atoms with Gasteiger partial charge in [-0.3, -0.25) is 0 Å². The zero-order chi connectivity index (χ0) is 14.1. The number of nitrogens with two attached hydrogens (primary N) is 1. The van der Waals surface area contributed by atoms with Crippen LogP contribution in [0.2, 0.25) is 0 Å². The van der Waals surface area contributed by atoms with Crippen LogP contribution in [-0.2, 0) is 0 Å². The summed E-state index contributed by atoms with van der Waals surface area (Å²) in [7, 11) is 3.90. The molecular weight excluding hydrogens is 252 g/mol. The highest BCUT2D eigenvalue weighted by Gasteiger charge is 2.35. The predicted molar refractivity (Wildman–Crippen MR) is 81.2 cm³/mol. The molecule has 0 saturated carbocycles. The molecule has 0 radical (unpaired) electrons. The van der Waals surface area contributed by atoms with E-state index in [4.69, 9.17) is 10.5 Å². The van der Waals surface area contributed by atoms with E-state index >= 15 is 0 Å². The molecule has 5 nitrogen and oxygen atoms in total. The third-order valence-corrected chi connectivity index (χ3v) is 4.73. The van der Waals surface area contributed by atoms with Crippen LogP contribution in [0.3, 0.4) is 0 Å². The van der Waals surface area contributed by atoms with E-state index in [0.29, 0.717) is 5.88 Å². The van der Waals surface area contributed by atoms with Crippen molar-refractivity contribution in [2.75, 3.05) is 44.4 Å². The van der Waals surface area contributed by atoms with Crippen molar-refractivity contribution in [1.29, 1.82) is 0 Å². The minimum Gasteiger partial charge on any atom is -0.481 e. The summed E-state index contributed by atoms with van der Waals surface area (Å²) in [5, 5.41) is 0. The van der Waals surface area contributed by atoms with Crippen LogP contribution < -0.4 is 15.4 Å². The standard InChI is InChI=1S/C15H24N4O/c1-18-8-3-4-11-10-19(9-7-13(11)18)15-12(16)5-6-14(17-15)20-2/h5-6,11,13H,3-4,7-10,16H2,1-2H3. The highest BCUT2D eigenvalue weighted by atomic mass is 16.5. The van der Waals surface area contributed by atoms with Crippen molar-refractivity contribution in [3.8, 4) is 5.88 Å². The van der Waals surface area contributed by atoms with Gasteiger partial charge in [-0.05, 0) is 44.8 Å². The molecule has 0 spiro atoms. The summed E-state index contributed by atoms with van der Waals surface area (Å²) >= 11 is 0. The van der Waals surface area contributed by atoms with E-state index in [9.17, 15) is 0 Å². The largest absolute Gasteiger partial charge is 0.481 e. The molecule has 3 rings (SSSR count). The van der Waals surface area contributed by atoms with E-state index in [1.807, 2.05) is 12.1 Å². The molecule has 0 amide bonds. The van der Waals surface area contributed by atoms with Gasteiger partial charge in [0.1, 0.15) is 0 Å². The molecule has 5 heteroatoms. The zero-order valence-corrected chi connectivity index (χ0v) is 12.4. The van der Waals surface area contributed by atoms with Gasteiger partial charge >= 0.3 is 0 Å². The number of hydrogen-bond acceptors (Lipinski definition) is 5. The van der Waals surface area contributed by atoms with Crippen molar-refractivity contribution < 1.29 is 4.74 Å². The van der Waals surface area contributed by atoms with Crippen LogP contribution in [0.25, 0.3) is 0 Å². The molecule has 2 N–H and O–H groups in total. The Morgan fingerprint density at radius 2 is 2.15 bits per heavy atom. The first-order valence-electron chi connectivity index (χ1n) is 7.44. The van der Waals surface area contributed by atoms with E-state index in [-0.39, 0.29) is 0 Å². The van der Waals surface area contributed by atoms with Crippen LogP contribution in [0, 0.1) is 5.92 Å². The summed E-state index contributed by atoms with van der Waals surface area (Å²) in [6.45, 7) is 3.32. The number of fused-ring (bicyclic) bond motifs is 1. The molecule has 2 atom stereocenters. The number of pyridine rings is 1. The van der Waals surface area contributed by atoms with Gasteiger partial charge in [-0.25, -0.2) is 0 Å². The van der Waals surface area contributed by atoms with Gasteiger partial charge in [-0.1, -0.05) is 0 Å². The van der Waals surface area contributed by atoms with Gasteiger partial charge in [0.15, 0.2) is 5.82 Å². The Labute approximate surface area is 120 Å². The van der Waals surface area contributed by atoms with Crippen LogP contribution in [0.5, 0.6) is 5.88 Å². The number of nitrogens with zero attached hydrogens (tertiary/aromatic N) is 3. The Kier molecular flexibility index (Phi) is 3.70. The lowest BCUT2D eigenvalue weighted by Gasteiger charge is -2.46. The molecule has 1 aromatic rings. The summed E-state index contributed by atoms with van der Waals surface area (Å²) in [5.74, 6) is 2.25. The maximum atomic E-state index is 6.10. The maximum Gasteiger partial charge on any atom is 0.215 e. The summed E-state index contributed by atoms with van der Waals surface area (Å²) in [5.41, 5.74) is 6.84. The molecule has 0 aromatic carbocycles. The molecular formula is C15H24N4O. The molecule has 2 aliphatic heterocycles. The van der Waals surface area contributed by atoms with Gasteiger partial charge in [0, 0.05) is 25.2 Å². The number of aromatic nitrogens is 1. The van der Waals surface area contributed by atoms with Gasteiger partial charge < -0.3 is 20.3 Å². The Hall–Kier alpha value is -1.49. The highest BCUT2D eigenvalue weighted by molar-refractivity contribution is 5.63. The third-order valence-electron chi connectivity index (χ3n) is 4.73. The fraction of sp³-hybridized carbons (Fsp3) is 0.667. The average Bonchev–Trinajstić information content (AvgIpc) is 2.48. The van der Waals surface area contributed by atoms with Gasteiger partial charge in [-0.2, -0.15) is 4.98 Å². The van der Waals surface area contributed by atoms with E-state index in [0.717, 1.165) is 36.6 Å². The van der Waals surface area contributed by atoms with Crippen LogP contribution in [-0.4, -0.2) is 49.7 Å². The fourth-order valence-corrected chi connectivity index (χ4v) is 3.65. The Morgan fingerprint density at radius 1 is 1.30 bits per heavy atom.